The highest BCUT2D eigenvalue weighted by molar-refractivity contribution is 5.91. The summed E-state index contributed by atoms with van der Waals surface area (Å²) in [4.78, 5) is 11.8. The van der Waals surface area contributed by atoms with Crippen LogP contribution in [0.2, 0.25) is 0 Å². The molecule has 1 fully saturated rings. The van der Waals surface area contributed by atoms with Gasteiger partial charge >= 0.3 is 0 Å². The van der Waals surface area contributed by atoms with E-state index < -0.39 is 0 Å². The van der Waals surface area contributed by atoms with E-state index in [9.17, 15) is 9.18 Å². The average Bonchev–Trinajstić information content (AvgIpc) is 3.01. The quantitative estimate of drug-likeness (QED) is 0.917. The van der Waals surface area contributed by atoms with E-state index in [0.29, 0.717) is 6.54 Å². The van der Waals surface area contributed by atoms with Crippen molar-refractivity contribution >= 4 is 5.91 Å². The zero-order chi connectivity index (χ0) is 13.3. The molecule has 19 heavy (non-hydrogen) atoms. The molecule has 0 unspecified atom stereocenters. The first kappa shape index (κ1) is 11.9. The smallest absolute Gasteiger partial charge is 0.289 e. The SMILES string of the molecule is O=C(NCC1(c2ccc(F)cc2)CC1)c1ccno1. The summed E-state index contributed by atoms with van der Waals surface area (Å²) in [6.07, 6.45) is 3.42. The predicted molar refractivity (Wildman–Crippen MR) is 66.1 cm³/mol. The molecule has 0 saturated heterocycles. The molecule has 0 atom stereocenters. The Morgan fingerprint density at radius 1 is 1.32 bits per heavy atom. The molecular weight excluding hydrogens is 247 g/mol. The number of carbonyl (C=O) groups excluding carboxylic acids is 1. The van der Waals surface area contributed by atoms with Crippen molar-refractivity contribution in [1.82, 2.24) is 10.5 Å². The van der Waals surface area contributed by atoms with Crippen LogP contribution in [0.5, 0.6) is 0 Å². The second kappa shape index (κ2) is 4.50. The molecular formula is C14H13FN2O2. The second-order valence-corrected chi connectivity index (χ2v) is 4.85. The van der Waals surface area contributed by atoms with Gasteiger partial charge in [0.1, 0.15) is 5.82 Å². The molecule has 5 heteroatoms. The van der Waals surface area contributed by atoms with E-state index in [1.807, 2.05) is 0 Å². The highest BCUT2D eigenvalue weighted by atomic mass is 19.1. The number of nitrogens with zero attached hydrogens (tertiary/aromatic N) is 1. The molecule has 1 aromatic heterocycles. The lowest BCUT2D eigenvalue weighted by Crippen LogP contribution is -2.32. The van der Waals surface area contributed by atoms with E-state index >= 15 is 0 Å². The lowest BCUT2D eigenvalue weighted by atomic mass is 9.96. The minimum Gasteiger partial charge on any atom is -0.351 e. The van der Waals surface area contributed by atoms with E-state index in [4.69, 9.17) is 4.52 Å². The fourth-order valence-corrected chi connectivity index (χ4v) is 2.19. The third-order valence-corrected chi connectivity index (χ3v) is 3.56. The molecule has 3 rings (SSSR count). The number of aromatic nitrogens is 1. The Hall–Kier alpha value is -2.17. The minimum atomic E-state index is -0.272. The van der Waals surface area contributed by atoms with Crippen LogP contribution in [0, 0.1) is 5.82 Å². The van der Waals surface area contributed by atoms with Crippen molar-refractivity contribution in [2.75, 3.05) is 6.54 Å². The lowest BCUT2D eigenvalue weighted by molar-refractivity contribution is 0.0912. The summed E-state index contributed by atoms with van der Waals surface area (Å²) in [5.74, 6) is -0.314. The Balaban J connectivity index is 1.66. The van der Waals surface area contributed by atoms with Gasteiger partial charge in [0, 0.05) is 18.0 Å². The molecule has 1 saturated carbocycles. The number of benzene rings is 1. The van der Waals surface area contributed by atoms with Crippen LogP contribution in [-0.4, -0.2) is 17.6 Å². The number of amides is 1. The van der Waals surface area contributed by atoms with E-state index in [0.717, 1.165) is 18.4 Å². The molecule has 0 radical (unpaired) electrons. The van der Waals surface area contributed by atoms with Crippen molar-refractivity contribution in [3.05, 3.63) is 53.7 Å². The first-order valence-corrected chi connectivity index (χ1v) is 6.15. The summed E-state index contributed by atoms with van der Waals surface area (Å²) in [5.41, 5.74) is 1.01. The minimum absolute atomic E-state index is 0.0522. The first-order chi connectivity index (χ1) is 9.20. The van der Waals surface area contributed by atoms with E-state index in [2.05, 4.69) is 10.5 Å². The van der Waals surface area contributed by atoms with Crippen LogP contribution in [-0.2, 0) is 5.41 Å². The Morgan fingerprint density at radius 2 is 2.05 bits per heavy atom. The molecule has 1 N–H and O–H groups in total. The summed E-state index contributed by atoms with van der Waals surface area (Å²) >= 11 is 0. The van der Waals surface area contributed by atoms with Gasteiger partial charge in [-0.1, -0.05) is 17.3 Å². The fourth-order valence-electron chi connectivity index (χ4n) is 2.19. The van der Waals surface area contributed by atoms with Crippen molar-refractivity contribution in [2.24, 2.45) is 0 Å². The molecule has 0 spiro atoms. The van der Waals surface area contributed by atoms with Crippen molar-refractivity contribution < 1.29 is 13.7 Å². The van der Waals surface area contributed by atoms with Gasteiger partial charge in [-0.2, -0.15) is 0 Å². The molecule has 1 amide bonds. The molecule has 1 aliphatic rings. The van der Waals surface area contributed by atoms with Crippen LogP contribution in [0.15, 0.2) is 41.1 Å². The van der Waals surface area contributed by atoms with Crippen LogP contribution in [0.25, 0.3) is 0 Å². The zero-order valence-corrected chi connectivity index (χ0v) is 10.2. The topological polar surface area (TPSA) is 55.1 Å². The van der Waals surface area contributed by atoms with Crippen LogP contribution in [0.3, 0.4) is 0 Å². The standard InChI is InChI=1S/C14H13FN2O2/c15-11-3-1-10(2-4-11)14(6-7-14)9-16-13(18)12-5-8-17-19-12/h1-5,8H,6-7,9H2,(H,16,18). The fraction of sp³-hybridized carbons (Fsp3) is 0.286. The van der Waals surface area contributed by atoms with Crippen LogP contribution in [0.4, 0.5) is 4.39 Å². The molecule has 2 aromatic rings. The number of carbonyl (C=O) groups is 1. The maximum Gasteiger partial charge on any atom is 0.289 e. The van der Waals surface area contributed by atoms with Crippen molar-refractivity contribution in [3.63, 3.8) is 0 Å². The van der Waals surface area contributed by atoms with Crippen molar-refractivity contribution in [3.8, 4) is 0 Å². The largest absolute Gasteiger partial charge is 0.351 e. The van der Waals surface area contributed by atoms with Gasteiger partial charge in [-0.25, -0.2) is 4.39 Å². The van der Waals surface area contributed by atoms with Gasteiger partial charge in [0.05, 0.1) is 6.20 Å². The molecule has 1 aromatic carbocycles. The predicted octanol–water partition coefficient (Wildman–Crippen LogP) is 2.28. The lowest BCUT2D eigenvalue weighted by Gasteiger charge is -2.16. The van der Waals surface area contributed by atoms with Gasteiger partial charge in [0.2, 0.25) is 5.76 Å². The van der Waals surface area contributed by atoms with Crippen molar-refractivity contribution in [2.45, 2.75) is 18.3 Å². The maximum atomic E-state index is 12.9. The van der Waals surface area contributed by atoms with Crippen LogP contribution >= 0.6 is 0 Å². The average molecular weight is 260 g/mol. The highest BCUT2D eigenvalue weighted by Gasteiger charge is 2.44. The Morgan fingerprint density at radius 3 is 2.63 bits per heavy atom. The number of nitrogens with one attached hydrogen (secondary N) is 1. The van der Waals surface area contributed by atoms with E-state index in [-0.39, 0.29) is 22.9 Å². The Bertz CT molecular complexity index is 574. The highest BCUT2D eigenvalue weighted by Crippen LogP contribution is 2.47. The number of rotatable bonds is 4. The van der Waals surface area contributed by atoms with Gasteiger partial charge in [0.25, 0.3) is 5.91 Å². The number of hydrogen-bond donors (Lipinski definition) is 1. The van der Waals surface area contributed by atoms with Gasteiger partial charge < -0.3 is 9.84 Å². The second-order valence-electron chi connectivity index (χ2n) is 4.85. The van der Waals surface area contributed by atoms with E-state index in [1.165, 1.54) is 24.4 Å². The normalized spacial score (nSPS) is 16.1. The van der Waals surface area contributed by atoms with Gasteiger partial charge in [0.15, 0.2) is 0 Å². The molecule has 0 bridgehead atoms. The number of hydrogen-bond acceptors (Lipinski definition) is 3. The monoisotopic (exact) mass is 260 g/mol. The summed E-state index contributed by atoms with van der Waals surface area (Å²) in [5, 5.41) is 6.33. The van der Waals surface area contributed by atoms with Gasteiger partial charge in [-0.3, -0.25) is 4.79 Å². The third-order valence-electron chi connectivity index (χ3n) is 3.56. The molecule has 98 valence electrons. The first-order valence-electron chi connectivity index (χ1n) is 6.15. The van der Waals surface area contributed by atoms with Gasteiger partial charge in [-0.05, 0) is 30.5 Å². The molecule has 1 aliphatic carbocycles. The van der Waals surface area contributed by atoms with Crippen molar-refractivity contribution in [1.29, 1.82) is 0 Å². The third kappa shape index (κ3) is 2.36. The van der Waals surface area contributed by atoms with Crippen LogP contribution < -0.4 is 5.32 Å². The summed E-state index contributed by atoms with van der Waals surface area (Å²) in [7, 11) is 0. The summed E-state index contributed by atoms with van der Waals surface area (Å²) < 4.78 is 17.7. The number of halogens is 1. The molecule has 0 aliphatic heterocycles. The van der Waals surface area contributed by atoms with Gasteiger partial charge in [-0.15, -0.1) is 0 Å². The Labute approximate surface area is 109 Å². The molecule has 4 nitrogen and oxygen atoms in total. The molecule has 1 heterocycles. The maximum absolute atomic E-state index is 12.9. The van der Waals surface area contributed by atoms with E-state index in [1.54, 1.807) is 12.1 Å². The van der Waals surface area contributed by atoms with Crippen LogP contribution in [0.1, 0.15) is 29.0 Å². The zero-order valence-electron chi connectivity index (χ0n) is 10.2. The summed E-state index contributed by atoms with van der Waals surface area (Å²) in [6, 6.07) is 7.99. The Kier molecular flexibility index (Phi) is 2.81. The summed E-state index contributed by atoms with van der Waals surface area (Å²) in [6.45, 7) is 0.526.